The van der Waals surface area contributed by atoms with Crippen molar-refractivity contribution < 1.29 is 22.6 Å². The number of methoxy groups -OCH3 is 2. The minimum Gasteiger partial charge on any atom is -0.495 e. The molecule has 0 atom stereocenters. The fourth-order valence-corrected chi connectivity index (χ4v) is 2.13. The first-order valence-corrected chi connectivity index (χ1v) is 5.75. The molecule has 108 valence electrons. The van der Waals surface area contributed by atoms with Gasteiger partial charge in [-0.1, -0.05) is 11.6 Å². The molecule has 20 heavy (non-hydrogen) atoms. The van der Waals surface area contributed by atoms with Crippen molar-refractivity contribution in [3.63, 3.8) is 0 Å². The highest BCUT2D eigenvalue weighted by atomic mass is 35.5. The Morgan fingerprint density at radius 3 is 2.25 bits per heavy atom. The van der Waals surface area contributed by atoms with Gasteiger partial charge in [-0.3, -0.25) is 0 Å². The number of nitrogens with zero attached hydrogens (tertiary/aromatic N) is 1. The first-order chi connectivity index (χ1) is 9.29. The predicted octanol–water partition coefficient (Wildman–Crippen LogP) is 3.51. The minimum atomic E-state index is -4.61. The maximum atomic E-state index is 12.8. The number of fused-ring (bicyclic) bond motifs is 1. The molecule has 1 heterocycles. The normalized spacial score (nSPS) is 11.7. The standard InChI is InChI=1S/C12H10ClF3N2O2/c1-19-6-4-7(20-2)11-9(10(6)13)5(17)3-8(18-11)12(14,15)16/h3-4H,1-2H3,(H2,17,18). The van der Waals surface area contributed by atoms with Gasteiger partial charge in [0.25, 0.3) is 0 Å². The van der Waals surface area contributed by atoms with Crippen LogP contribution in [0.4, 0.5) is 18.9 Å². The molecule has 0 aliphatic heterocycles. The molecule has 0 bridgehead atoms. The predicted molar refractivity (Wildman–Crippen MR) is 69.3 cm³/mol. The summed E-state index contributed by atoms with van der Waals surface area (Å²) in [4.78, 5) is 3.54. The molecule has 2 aromatic rings. The molecule has 4 nitrogen and oxygen atoms in total. The summed E-state index contributed by atoms with van der Waals surface area (Å²) in [6, 6.07) is 2.09. The van der Waals surface area contributed by atoms with Gasteiger partial charge in [0.15, 0.2) is 0 Å². The number of ether oxygens (including phenoxy) is 2. The van der Waals surface area contributed by atoms with E-state index < -0.39 is 11.9 Å². The van der Waals surface area contributed by atoms with Gasteiger partial charge in [0.2, 0.25) is 0 Å². The molecule has 0 saturated carbocycles. The fraction of sp³-hybridized carbons (Fsp3) is 0.250. The zero-order valence-corrected chi connectivity index (χ0v) is 11.3. The van der Waals surface area contributed by atoms with E-state index >= 15 is 0 Å². The van der Waals surface area contributed by atoms with Gasteiger partial charge in [0.1, 0.15) is 22.7 Å². The van der Waals surface area contributed by atoms with Gasteiger partial charge in [-0.25, -0.2) is 4.98 Å². The molecule has 1 aromatic carbocycles. The highest BCUT2D eigenvalue weighted by Crippen LogP contribution is 2.42. The first kappa shape index (κ1) is 14.5. The van der Waals surface area contributed by atoms with Crippen molar-refractivity contribution in [2.75, 3.05) is 20.0 Å². The number of benzene rings is 1. The smallest absolute Gasteiger partial charge is 0.433 e. The topological polar surface area (TPSA) is 57.4 Å². The SMILES string of the molecule is COc1cc(OC)c2nc(C(F)(F)F)cc(N)c2c1Cl. The zero-order valence-electron chi connectivity index (χ0n) is 10.5. The lowest BCUT2D eigenvalue weighted by molar-refractivity contribution is -0.140. The highest BCUT2D eigenvalue weighted by molar-refractivity contribution is 6.38. The van der Waals surface area contributed by atoms with Crippen LogP contribution in [0.3, 0.4) is 0 Å². The third kappa shape index (κ3) is 2.29. The second-order valence-electron chi connectivity index (χ2n) is 3.91. The van der Waals surface area contributed by atoms with Crippen LogP contribution in [0, 0.1) is 0 Å². The van der Waals surface area contributed by atoms with Crippen molar-refractivity contribution in [3.8, 4) is 11.5 Å². The number of nitrogens with two attached hydrogens (primary N) is 1. The van der Waals surface area contributed by atoms with E-state index in [1.54, 1.807) is 0 Å². The number of anilines is 1. The Hall–Kier alpha value is -1.89. The molecule has 2 rings (SSSR count). The molecule has 0 saturated heterocycles. The largest absolute Gasteiger partial charge is 0.495 e. The molecule has 0 radical (unpaired) electrons. The van der Waals surface area contributed by atoms with Crippen LogP contribution >= 0.6 is 11.6 Å². The number of rotatable bonds is 2. The lowest BCUT2D eigenvalue weighted by Gasteiger charge is -2.14. The Morgan fingerprint density at radius 1 is 1.15 bits per heavy atom. The van der Waals surface area contributed by atoms with Gasteiger partial charge >= 0.3 is 6.18 Å². The second kappa shape index (κ2) is 4.90. The van der Waals surface area contributed by atoms with E-state index in [1.165, 1.54) is 20.3 Å². The highest BCUT2D eigenvalue weighted by Gasteiger charge is 2.34. The van der Waals surface area contributed by atoms with Crippen molar-refractivity contribution in [2.45, 2.75) is 6.18 Å². The molecular weight excluding hydrogens is 297 g/mol. The summed E-state index contributed by atoms with van der Waals surface area (Å²) in [6.07, 6.45) is -4.61. The van der Waals surface area contributed by atoms with Crippen molar-refractivity contribution in [1.82, 2.24) is 4.98 Å². The second-order valence-corrected chi connectivity index (χ2v) is 4.29. The van der Waals surface area contributed by atoms with Crippen LogP contribution in [0.25, 0.3) is 10.9 Å². The van der Waals surface area contributed by atoms with Crippen LogP contribution in [0.5, 0.6) is 11.5 Å². The van der Waals surface area contributed by atoms with E-state index in [-0.39, 0.29) is 33.1 Å². The van der Waals surface area contributed by atoms with E-state index in [0.29, 0.717) is 0 Å². The number of alkyl halides is 3. The van der Waals surface area contributed by atoms with Crippen molar-refractivity contribution in [2.24, 2.45) is 0 Å². The zero-order chi connectivity index (χ0) is 15.1. The number of hydrogen-bond donors (Lipinski definition) is 1. The molecule has 0 spiro atoms. The Labute approximate surface area is 117 Å². The van der Waals surface area contributed by atoms with Crippen molar-refractivity contribution in [1.29, 1.82) is 0 Å². The maximum Gasteiger partial charge on any atom is 0.433 e. The lowest BCUT2D eigenvalue weighted by atomic mass is 10.1. The van der Waals surface area contributed by atoms with Gasteiger partial charge in [0, 0.05) is 17.1 Å². The molecule has 0 aliphatic carbocycles. The van der Waals surface area contributed by atoms with Crippen LogP contribution in [0.1, 0.15) is 5.69 Å². The van der Waals surface area contributed by atoms with Gasteiger partial charge in [-0.2, -0.15) is 13.2 Å². The fourth-order valence-electron chi connectivity index (χ4n) is 1.80. The summed E-state index contributed by atoms with van der Waals surface area (Å²) in [5.41, 5.74) is 4.34. The monoisotopic (exact) mass is 306 g/mol. The molecular formula is C12H10ClF3N2O2. The van der Waals surface area contributed by atoms with Crippen LogP contribution in [-0.4, -0.2) is 19.2 Å². The summed E-state index contributed by atoms with van der Waals surface area (Å²) in [5, 5.41) is 0.248. The van der Waals surface area contributed by atoms with Gasteiger partial charge < -0.3 is 15.2 Å². The average molecular weight is 307 g/mol. The number of aromatic nitrogens is 1. The minimum absolute atomic E-state index is 0.0642. The molecule has 0 aliphatic rings. The van der Waals surface area contributed by atoms with E-state index in [9.17, 15) is 13.2 Å². The number of hydrogen-bond acceptors (Lipinski definition) is 4. The molecule has 1 aromatic heterocycles. The number of pyridine rings is 1. The molecule has 0 fully saturated rings. The summed E-state index contributed by atoms with van der Waals surface area (Å²) in [5.74, 6) is 0.336. The third-order valence-electron chi connectivity index (χ3n) is 2.71. The van der Waals surface area contributed by atoms with Gasteiger partial charge in [0.05, 0.1) is 19.2 Å². The number of halogens is 4. The van der Waals surface area contributed by atoms with Crippen molar-refractivity contribution in [3.05, 3.63) is 22.8 Å². The molecule has 0 amide bonds. The Kier molecular flexibility index (Phi) is 3.56. The Balaban J connectivity index is 2.90. The van der Waals surface area contributed by atoms with Gasteiger partial charge in [-0.15, -0.1) is 0 Å². The summed E-state index contributed by atoms with van der Waals surface area (Å²) < 4.78 is 48.3. The lowest BCUT2D eigenvalue weighted by Crippen LogP contribution is -2.09. The molecule has 8 heteroatoms. The van der Waals surface area contributed by atoms with Crippen LogP contribution in [0.15, 0.2) is 12.1 Å². The first-order valence-electron chi connectivity index (χ1n) is 5.37. The van der Waals surface area contributed by atoms with E-state index in [4.69, 9.17) is 26.8 Å². The average Bonchev–Trinajstić information content (AvgIpc) is 2.37. The maximum absolute atomic E-state index is 12.8. The third-order valence-corrected chi connectivity index (χ3v) is 3.09. The van der Waals surface area contributed by atoms with Crippen LogP contribution in [-0.2, 0) is 6.18 Å². The summed E-state index contributed by atoms with van der Waals surface area (Å²) in [7, 11) is 2.68. The summed E-state index contributed by atoms with van der Waals surface area (Å²) >= 11 is 6.06. The van der Waals surface area contributed by atoms with Crippen LogP contribution in [0.2, 0.25) is 5.02 Å². The number of nitrogen functional groups attached to an aromatic ring is 1. The van der Waals surface area contributed by atoms with Crippen molar-refractivity contribution >= 4 is 28.2 Å². The van der Waals surface area contributed by atoms with E-state index in [1.807, 2.05) is 0 Å². The van der Waals surface area contributed by atoms with E-state index in [2.05, 4.69) is 4.98 Å². The van der Waals surface area contributed by atoms with E-state index in [0.717, 1.165) is 6.07 Å². The molecule has 0 unspecified atom stereocenters. The van der Waals surface area contributed by atoms with Gasteiger partial charge in [-0.05, 0) is 6.07 Å². The Morgan fingerprint density at radius 2 is 1.75 bits per heavy atom. The Bertz CT molecular complexity index is 674. The molecule has 2 N–H and O–H groups in total. The van der Waals surface area contributed by atoms with Crippen LogP contribution < -0.4 is 15.2 Å². The quantitative estimate of drug-likeness (QED) is 0.922. The summed E-state index contributed by atoms with van der Waals surface area (Å²) in [6.45, 7) is 0.